The topological polar surface area (TPSA) is 84.2 Å². The average Bonchev–Trinajstić information content (AvgIpc) is 2.75. The lowest BCUT2D eigenvalue weighted by Crippen LogP contribution is -2.35. The zero-order valence-corrected chi connectivity index (χ0v) is 9.16. The number of aryl methyl sites for hydroxylation is 1. The monoisotopic (exact) mass is 223 g/mol. The fourth-order valence-corrected chi connectivity index (χ4v) is 1.63. The van der Waals surface area contributed by atoms with Gasteiger partial charge in [0, 0.05) is 19.0 Å². The van der Waals surface area contributed by atoms with Gasteiger partial charge in [-0.15, -0.1) is 0 Å². The smallest absolute Gasteiger partial charge is 0.233 e. The Bertz CT molecular complexity index is 440. The summed E-state index contributed by atoms with van der Waals surface area (Å²) in [6.45, 7) is 3.84. The van der Waals surface area contributed by atoms with Crippen molar-refractivity contribution in [3.05, 3.63) is 11.8 Å². The molecular weight excluding hydrogens is 210 g/mol. The Labute approximate surface area is 92.4 Å². The SMILES string of the molecule is Cc1cc(NC(=O)C2(C)CNC(=O)C2)no1. The van der Waals surface area contributed by atoms with Crippen LogP contribution in [-0.2, 0) is 9.59 Å². The maximum absolute atomic E-state index is 11.9. The zero-order valence-electron chi connectivity index (χ0n) is 9.16. The normalized spacial score (nSPS) is 24.2. The summed E-state index contributed by atoms with van der Waals surface area (Å²) in [6, 6.07) is 1.63. The Kier molecular flexibility index (Phi) is 2.41. The molecule has 2 amide bonds. The number of rotatable bonds is 2. The molecule has 0 spiro atoms. The second-order valence-electron chi connectivity index (χ2n) is 4.29. The van der Waals surface area contributed by atoms with Crippen LogP contribution in [0.4, 0.5) is 5.82 Å². The van der Waals surface area contributed by atoms with E-state index < -0.39 is 5.41 Å². The third kappa shape index (κ3) is 1.91. The fourth-order valence-electron chi connectivity index (χ4n) is 1.63. The molecule has 1 aromatic heterocycles. The minimum absolute atomic E-state index is 0.103. The summed E-state index contributed by atoms with van der Waals surface area (Å²) >= 11 is 0. The summed E-state index contributed by atoms with van der Waals surface area (Å²) < 4.78 is 4.83. The van der Waals surface area contributed by atoms with E-state index in [0.717, 1.165) is 0 Å². The van der Waals surface area contributed by atoms with Crippen molar-refractivity contribution in [2.75, 3.05) is 11.9 Å². The van der Waals surface area contributed by atoms with Gasteiger partial charge in [0.2, 0.25) is 11.8 Å². The minimum Gasteiger partial charge on any atom is -0.360 e. The summed E-state index contributed by atoms with van der Waals surface area (Å²) in [7, 11) is 0. The predicted octanol–water partition coefficient (Wildman–Crippen LogP) is 0.448. The van der Waals surface area contributed by atoms with Crippen molar-refractivity contribution in [1.82, 2.24) is 10.5 Å². The molecule has 1 unspecified atom stereocenters. The fraction of sp³-hybridized carbons (Fsp3) is 0.500. The number of nitrogens with one attached hydrogen (secondary N) is 2. The maximum atomic E-state index is 11.9. The molecule has 2 rings (SSSR count). The highest BCUT2D eigenvalue weighted by atomic mass is 16.5. The van der Waals surface area contributed by atoms with Gasteiger partial charge in [0.15, 0.2) is 5.82 Å². The first-order chi connectivity index (χ1) is 7.49. The first kappa shape index (κ1) is 10.7. The van der Waals surface area contributed by atoms with Crippen molar-refractivity contribution in [2.45, 2.75) is 20.3 Å². The Morgan fingerprint density at radius 3 is 2.94 bits per heavy atom. The maximum Gasteiger partial charge on any atom is 0.233 e. The van der Waals surface area contributed by atoms with Gasteiger partial charge in [-0.05, 0) is 13.8 Å². The van der Waals surface area contributed by atoms with Crippen molar-refractivity contribution >= 4 is 17.6 Å². The van der Waals surface area contributed by atoms with Crippen LogP contribution in [0.25, 0.3) is 0 Å². The van der Waals surface area contributed by atoms with E-state index in [1.165, 1.54) is 0 Å². The van der Waals surface area contributed by atoms with E-state index >= 15 is 0 Å². The quantitative estimate of drug-likeness (QED) is 0.762. The Morgan fingerprint density at radius 2 is 2.44 bits per heavy atom. The van der Waals surface area contributed by atoms with E-state index in [-0.39, 0.29) is 18.2 Å². The number of amides is 2. The molecule has 0 aliphatic carbocycles. The van der Waals surface area contributed by atoms with E-state index in [4.69, 9.17) is 4.52 Å². The van der Waals surface area contributed by atoms with Crippen LogP contribution < -0.4 is 10.6 Å². The van der Waals surface area contributed by atoms with E-state index in [2.05, 4.69) is 15.8 Å². The highest BCUT2D eigenvalue weighted by molar-refractivity contribution is 5.99. The van der Waals surface area contributed by atoms with Gasteiger partial charge < -0.3 is 15.2 Å². The van der Waals surface area contributed by atoms with Gasteiger partial charge in [-0.25, -0.2) is 0 Å². The van der Waals surface area contributed by atoms with Gasteiger partial charge in [-0.1, -0.05) is 5.16 Å². The second kappa shape index (κ2) is 3.62. The molecule has 0 aromatic carbocycles. The molecule has 0 radical (unpaired) electrons. The third-order valence-electron chi connectivity index (χ3n) is 2.64. The first-order valence-corrected chi connectivity index (χ1v) is 5.01. The third-order valence-corrected chi connectivity index (χ3v) is 2.64. The molecule has 1 aromatic rings. The van der Waals surface area contributed by atoms with Gasteiger partial charge >= 0.3 is 0 Å². The van der Waals surface area contributed by atoms with Crippen LogP contribution in [-0.4, -0.2) is 23.5 Å². The van der Waals surface area contributed by atoms with Gasteiger partial charge in [-0.2, -0.15) is 0 Å². The van der Waals surface area contributed by atoms with Gasteiger partial charge in [0.05, 0.1) is 5.41 Å². The summed E-state index contributed by atoms with van der Waals surface area (Å²) in [5.74, 6) is 0.678. The number of nitrogens with zero attached hydrogens (tertiary/aromatic N) is 1. The van der Waals surface area contributed by atoms with E-state index in [1.807, 2.05) is 0 Å². The predicted molar refractivity (Wildman–Crippen MR) is 55.6 cm³/mol. The molecule has 1 aliphatic heterocycles. The Balaban J connectivity index is 2.06. The molecule has 86 valence electrons. The molecule has 0 saturated carbocycles. The summed E-state index contributed by atoms with van der Waals surface area (Å²) in [5.41, 5.74) is -0.704. The number of carbonyl (C=O) groups excluding carboxylic acids is 2. The zero-order chi connectivity index (χ0) is 11.8. The van der Waals surface area contributed by atoms with Crippen molar-refractivity contribution < 1.29 is 14.1 Å². The summed E-state index contributed by atoms with van der Waals surface area (Å²) in [6.07, 6.45) is 0.204. The molecule has 2 heterocycles. The van der Waals surface area contributed by atoms with E-state index in [9.17, 15) is 9.59 Å². The van der Waals surface area contributed by atoms with E-state index in [0.29, 0.717) is 18.1 Å². The lowest BCUT2D eigenvalue weighted by atomic mass is 9.88. The molecule has 1 saturated heterocycles. The first-order valence-electron chi connectivity index (χ1n) is 5.01. The lowest BCUT2D eigenvalue weighted by Gasteiger charge is -2.18. The standard InChI is InChI=1S/C10H13N3O3/c1-6-3-7(13-16-6)12-9(15)10(2)4-8(14)11-5-10/h3H,4-5H2,1-2H3,(H,11,14)(H,12,13,15). The Morgan fingerprint density at radius 1 is 1.69 bits per heavy atom. The van der Waals surface area contributed by atoms with Crippen molar-refractivity contribution in [1.29, 1.82) is 0 Å². The molecular formula is C10H13N3O3. The van der Waals surface area contributed by atoms with E-state index in [1.54, 1.807) is 19.9 Å². The highest BCUT2D eigenvalue weighted by Crippen LogP contribution is 2.26. The second-order valence-corrected chi connectivity index (χ2v) is 4.29. The minimum atomic E-state index is -0.704. The van der Waals surface area contributed by atoms with Crippen molar-refractivity contribution in [2.24, 2.45) is 5.41 Å². The van der Waals surface area contributed by atoms with Gasteiger partial charge in [0.1, 0.15) is 5.76 Å². The van der Waals surface area contributed by atoms with Crippen LogP contribution in [0.15, 0.2) is 10.6 Å². The molecule has 1 atom stereocenters. The lowest BCUT2D eigenvalue weighted by molar-refractivity contribution is -0.126. The number of hydrogen-bond acceptors (Lipinski definition) is 4. The number of anilines is 1. The Hall–Kier alpha value is -1.85. The van der Waals surface area contributed by atoms with Crippen LogP contribution in [0, 0.1) is 12.3 Å². The average molecular weight is 223 g/mol. The molecule has 16 heavy (non-hydrogen) atoms. The largest absolute Gasteiger partial charge is 0.360 e. The van der Waals surface area contributed by atoms with Gasteiger partial charge in [0.25, 0.3) is 0 Å². The van der Waals surface area contributed by atoms with Gasteiger partial charge in [-0.3, -0.25) is 9.59 Å². The molecule has 1 aliphatic rings. The number of aromatic nitrogens is 1. The molecule has 2 N–H and O–H groups in total. The van der Waals surface area contributed by atoms with Crippen molar-refractivity contribution in [3.8, 4) is 0 Å². The van der Waals surface area contributed by atoms with Crippen LogP contribution in [0.1, 0.15) is 19.1 Å². The van der Waals surface area contributed by atoms with Crippen LogP contribution in [0.2, 0.25) is 0 Å². The van der Waals surface area contributed by atoms with Crippen LogP contribution in [0.3, 0.4) is 0 Å². The highest BCUT2D eigenvalue weighted by Gasteiger charge is 2.40. The molecule has 6 heteroatoms. The number of hydrogen-bond donors (Lipinski definition) is 2. The molecule has 1 fully saturated rings. The van der Waals surface area contributed by atoms with Crippen LogP contribution in [0.5, 0.6) is 0 Å². The summed E-state index contributed by atoms with van der Waals surface area (Å²) in [4.78, 5) is 23.0. The number of carbonyl (C=O) groups is 2. The van der Waals surface area contributed by atoms with Crippen LogP contribution >= 0.6 is 0 Å². The summed E-state index contributed by atoms with van der Waals surface area (Å²) in [5, 5.41) is 8.93. The van der Waals surface area contributed by atoms with Crippen molar-refractivity contribution in [3.63, 3.8) is 0 Å². The molecule has 0 bridgehead atoms. The molecule has 6 nitrogen and oxygen atoms in total.